The average Bonchev–Trinajstić information content (AvgIpc) is 2.93. The molecule has 4 heteroatoms. The van der Waals surface area contributed by atoms with Crippen molar-refractivity contribution in [1.29, 1.82) is 0 Å². The summed E-state index contributed by atoms with van der Waals surface area (Å²) in [6, 6.07) is 12.0. The van der Waals surface area contributed by atoms with Crippen molar-refractivity contribution in [2.75, 3.05) is 6.61 Å². The van der Waals surface area contributed by atoms with Crippen molar-refractivity contribution in [3.8, 4) is 5.75 Å². The molecule has 0 saturated heterocycles. The summed E-state index contributed by atoms with van der Waals surface area (Å²) < 4.78 is 5.77. The Morgan fingerprint density at radius 3 is 2.75 bits per heavy atom. The lowest BCUT2D eigenvalue weighted by atomic mass is 9.95. The Kier molecular flexibility index (Phi) is 3.66. The van der Waals surface area contributed by atoms with E-state index in [1.165, 1.54) is 5.56 Å². The molecule has 0 spiro atoms. The second kappa shape index (κ2) is 5.44. The van der Waals surface area contributed by atoms with Crippen LogP contribution in [0.5, 0.6) is 5.75 Å². The number of nitrogens with two attached hydrogens (primary N) is 1. The first kappa shape index (κ1) is 13.4. The van der Waals surface area contributed by atoms with Crippen LogP contribution >= 0.6 is 11.6 Å². The van der Waals surface area contributed by atoms with Gasteiger partial charge in [-0.2, -0.15) is 0 Å². The maximum Gasteiger partial charge on any atom is 0.127 e. The molecular weight excluding hydrogens is 272 g/mol. The molecule has 1 heterocycles. The van der Waals surface area contributed by atoms with Crippen molar-refractivity contribution >= 4 is 11.6 Å². The number of fused-ring (bicyclic) bond motifs is 1. The Labute approximate surface area is 123 Å². The van der Waals surface area contributed by atoms with Gasteiger partial charge in [0.25, 0.3) is 0 Å². The average molecular weight is 289 g/mol. The van der Waals surface area contributed by atoms with Crippen molar-refractivity contribution in [2.45, 2.75) is 19.4 Å². The number of para-hydroxylation sites is 1. The number of benzene rings is 2. The van der Waals surface area contributed by atoms with Crippen LogP contribution in [0.1, 0.15) is 28.3 Å². The van der Waals surface area contributed by atoms with Gasteiger partial charge in [-0.1, -0.05) is 48.0 Å². The monoisotopic (exact) mass is 288 g/mol. The normalized spacial score (nSPS) is 14.8. The quantitative estimate of drug-likeness (QED) is 0.674. The number of hydrogen-bond donors (Lipinski definition) is 2. The number of hydrogen-bond acceptors (Lipinski definition) is 3. The van der Waals surface area contributed by atoms with Crippen LogP contribution < -0.4 is 16.0 Å². The SMILES string of the molecule is Cc1cccc(C(NN)c2cccc3c2OCC3)c1Cl. The summed E-state index contributed by atoms with van der Waals surface area (Å²) in [7, 11) is 0. The number of ether oxygens (including phenoxy) is 1. The largest absolute Gasteiger partial charge is 0.493 e. The number of rotatable bonds is 3. The van der Waals surface area contributed by atoms with Gasteiger partial charge >= 0.3 is 0 Å². The molecule has 3 nitrogen and oxygen atoms in total. The van der Waals surface area contributed by atoms with E-state index in [4.69, 9.17) is 22.2 Å². The summed E-state index contributed by atoms with van der Waals surface area (Å²) in [5.41, 5.74) is 7.14. The van der Waals surface area contributed by atoms with Gasteiger partial charge in [0.1, 0.15) is 5.75 Å². The molecular formula is C16H17ClN2O. The second-order valence-electron chi connectivity index (χ2n) is 5.01. The molecule has 1 aliphatic rings. The lowest BCUT2D eigenvalue weighted by Crippen LogP contribution is -2.29. The van der Waals surface area contributed by atoms with E-state index in [1.807, 2.05) is 37.3 Å². The highest BCUT2D eigenvalue weighted by Gasteiger charge is 2.24. The zero-order valence-corrected chi connectivity index (χ0v) is 12.1. The molecule has 20 heavy (non-hydrogen) atoms. The molecule has 104 valence electrons. The minimum atomic E-state index is -0.171. The van der Waals surface area contributed by atoms with Gasteiger partial charge in [0.05, 0.1) is 12.6 Å². The maximum atomic E-state index is 6.43. The molecule has 0 saturated carbocycles. The van der Waals surface area contributed by atoms with Gasteiger partial charge in [0, 0.05) is 17.0 Å². The number of aryl methyl sites for hydroxylation is 1. The summed E-state index contributed by atoms with van der Waals surface area (Å²) in [5, 5.41) is 0.742. The fourth-order valence-corrected chi connectivity index (χ4v) is 2.94. The summed E-state index contributed by atoms with van der Waals surface area (Å²) in [4.78, 5) is 0. The van der Waals surface area contributed by atoms with E-state index in [2.05, 4.69) is 11.5 Å². The van der Waals surface area contributed by atoms with E-state index < -0.39 is 0 Å². The molecule has 1 atom stereocenters. The summed E-state index contributed by atoms with van der Waals surface area (Å²) >= 11 is 6.43. The van der Waals surface area contributed by atoms with Gasteiger partial charge in [-0.25, -0.2) is 5.43 Å². The van der Waals surface area contributed by atoms with Crippen LogP contribution in [0.25, 0.3) is 0 Å². The molecule has 1 unspecified atom stereocenters. The van der Waals surface area contributed by atoms with Gasteiger partial charge in [0.15, 0.2) is 0 Å². The van der Waals surface area contributed by atoms with E-state index >= 15 is 0 Å². The van der Waals surface area contributed by atoms with Crippen LogP contribution in [-0.4, -0.2) is 6.61 Å². The van der Waals surface area contributed by atoms with Crippen LogP contribution in [0.4, 0.5) is 0 Å². The predicted octanol–water partition coefficient (Wildman–Crippen LogP) is 3.14. The van der Waals surface area contributed by atoms with E-state index in [0.29, 0.717) is 0 Å². The first-order valence-corrected chi connectivity index (χ1v) is 7.06. The molecule has 0 aliphatic carbocycles. The van der Waals surface area contributed by atoms with Gasteiger partial charge in [-0.05, 0) is 23.6 Å². The van der Waals surface area contributed by atoms with Crippen molar-refractivity contribution in [1.82, 2.24) is 5.43 Å². The van der Waals surface area contributed by atoms with Gasteiger partial charge in [-0.15, -0.1) is 0 Å². The molecule has 0 fully saturated rings. The summed E-state index contributed by atoms with van der Waals surface area (Å²) in [5.74, 6) is 6.72. The third-order valence-corrected chi connectivity index (χ3v) is 4.27. The topological polar surface area (TPSA) is 47.3 Å². The molecule has 3 N–H and O–H groups in total. The van der Waals surface area contributed by atoms with Crippen LogP contribution in [0.2, 0.25) is 5.02 Å². The fraction of sp³-hybridized carbons (Fsp3) is 0.250. The third kappa shape index (κ3) is 2.18. The van der Waals surface area contributed by atoms with E-state index in [1.54, 1.807) is 0 Å². The van der Waals surface area contributed by atoms with E-state index in [9.17, 15) is 0 Å². The lowest BCUT2D eigenvalue weighted by Gasteiger charge is -2.21. The van der Waals surface area contributed by atoms with Crippen molar-refractivity contribution < 1.29 is 4.74 Å². The third-order valence-electron chi connectivity index (χ3n) is 3.76. The predicted molar refractivity (Wildman–Crippen MR) is 81.0 cm³/mol. The van der Waals surface area contributed by atoms with Crippen molar-refractivity contribution in [3.05, 3.63) is 63.7 Å². The van der Waals surface area contributed by atoms with Crippen molar-refractivity contribution in [3.63, 3.8) is 0 Å². The summed E-state index contributed by atoms with van der Waals surface area (Å²) in [6.07, 6.45) is 0.946. The maximum absolute atomic E-state index is 6.43. The van der Waals surface area contributed by atoms with Gasteiger partial charge < -0.3 is 4.74 Å². The van der Waals surface area contributed by atoms with Gasteiger partial charge in [0.2, 0.25) is 0 Å². The first-order valence-electron chi connectivity index (χ1n) is 6.68. The second-order valence-corrected chi connectivity index (χ2v) is 5.39. The van der Waals surface area contributed by atoms with Crippen LogP contribution in [0.3, 0.4) is 0 Å². The molecule has 1 aliphatic heterocycles. The highest BCUT2D eigenvalue weighted by molar-refractivity contribution is 6.32. The number of halogens is 1. The van der Waals surface area contributed by atoms with Crippen LogP contribution in [0, 0.1) is 6.92 Å². The Morgan fingerprint density at radius 1 is 1.20 bits per heavy atom. The first-order chi connectivity index (χ1) is 9.72. The standard InChI is InChI=1S/C16H17ClN2O/c1-10-4-2-6-12(14(10)17)15(19-18)13-7-3-5-11-8-9-20-16(11)13/h2-7,15,19H,8-9,18H2,1H3. The van der Waals surface area contributed by atoms with Crippen molar-refractivity contribution in [2.24, 2.45) is 5.84 Å². The highest BCUT2D eigenvalue weighted by atomic mass is 35.5. The number of hydrazine groups is 1. The molecule has 0 amide bonds. The van der Waals surface area contributed by atoms with Crippen LogP contribution in [0.15, 0.2) is 36.4 Å². The molecule has 0 bridgehead atoms. The zero-order valence-electron chi connectivity index (χ0n) is 11.3. The van der Waals surface area contributed by atoms with E-state index in [-0.39, 0.29) is 6.04 Å². The van der Waals surface area contributed by atoms with E-state index in [0.717, 1.165) is 40.5 Å². The molecule has 3 rings (SSSR count). The Morgan fingerprint density at radius 2 is 1.95 bits per heavy atom. The fourth-order valence-electron chi connectivity index (χ4n) is 2.71. The number of nitrogens with one attached hydrogen (secondary N) is 1. The Balaban J connectivity index is 2.11. The summed E-state index contributed by atoms with van der Waals surface area (Å²) in [6.45, 7) is 2.72. The minimum absolute atomic E-state index is 0.171. The molecule has 0 radical (unpaired) electrons. The molecule has 2 aromatic rings. The smallest absolute Gasteiger partial charge is 0.127 e. The lowest BCUT2D eigenvalue weighted by molar-refractivity contribution is 0.350. The molecule has 2 aromatic carbocycles. The minimum Gasteiger partial charge on any atom is -0.493 e. The zero-order chi connectivity index (χ0) is 14.1. The highest BCUT2D eigenvalue weighted by Crippen LogP contribution is 2.38. The Hall–Kier alpha value is -1.55. The Bertz CT molecular complexity index is 642. The van der Waals surface area contributed by atoms with Gasteiger partial charge in [-0.3, -0.25) is 5.84 Å². The van der Waals surface area contributed by atoms with Crippen LogP contribution in [-0.2, 0) is 6.42 Å². The molecule has 0 aromatic heterocycles.